The monoisotopic (exact) mass is 323 g/mol. The van der Waals surface area contributed by atoms with E-state index in [0.29, 0.717) is 25.1 Å². The van der Waals surface area contributed by atoms with Crippen molar-refractivity contribution in [3.05, 3.63) is 18.2 Å². The second-order valence-corrected chi connectivity index (χ2v) is 5.05. The number of rotatable bonds is 11. The molecule has 0 unspecified atom stereocenters. The van der Waals surface area contributed by atoms with E-state index in [0.717, 1.165) is 6.42 Å². The van der Waals surface area contributed by atoms with Crippen molar-refractivity contribution in [2.75, 3.05) is 13.1 Å². The fraction of sp³-hybridized carbons (Fsp3) is 0.571. The lowest BCUT2D eigenvalue weighted by molar-refractivity contribution is -0.128. The second kappa shape index (κ2) is 10.5. The molecular weight excluding hydrogens is 300 g/mol. The Morgan fingerprint density at radius 2 is 2.09 bits per heavy atom. The minimum Gasteiger partial charge on any atom is -0.351 e. The van der Waals surface area contributed by atoms with Crippen LogP contribution in [0, 0.1) is 0 Å². The zero-order valence-corrected chi connectivity index (χ0v) is 12.9. The summed E-state index contributed by atoms with van der Waals surface area (Å²) in [5.41, 5.74) is 11.3. The van der Waals surface area contributed by atoms with Crippen molar-refractivity contribution in [3.8, 4) is 0 Å². The molecule has 0 spiro atoms. The molecule has 0 aliphatic rings. The normalized spacial score (nSPS) is 13.1. The predicted octanol–water partition coefficient (Wildman–Crippen LogP) is -1.88. The smallest absolute Gasteiger partial charge is 0.243 e. The maximum atomic E-state index is 12.3. The average molecular weight is 323 g/mol. The molecule has 23 heavy (non-hydrogen) atoms. The van der Waals surface area contributed by atoms with Crippen molar-refractivity contribution in [2.45, 2.75) is 37.8 Å². The summed E-state index contributed by atoms with van der Waals surface area (Å²) in [6, 6.07) is -1.59. The van der Waals surface area contributed by atoms with E-state index in [9.17, 15) is 14.4 Å². The molecule has 2 atom stereocenters. The summed E-state index contributed by atoms with van der Waals surface area (Å²) in [6.07, 6.45) is 7.00. The van der Waals surface area contributed by atoms with E-state index < -0.39 is 23.9 Å². The molecule has 0 fully saturated rings. The minimum absolute atomic E-state index is 0.190. The summed E-state index contributed by atoms with van der Waals surface area (Å²) in [6.45, 7) is 0.290. The van der Waals surface area contributed by atoms with Crippen LogP contribution in [-0.2, 0) is 20.8 Å². The molecule has 9 nitrogen and oxygen atoms in total. The number of carbonyl (C=O) groups excluding carboxylic acids is 3. The van der Waals surface area contributed by atoms with E-state index in [1.165, 1.54) is 6.33 Å². The fourth-order valence-electron chi connectivity index (χ4n) is 2.00. The average Bonchev–Trinajstić information content (AvgIpc) is 3.06. The molecule has 0 saturated carbocycles. The molecule has 0 aromatic carbocycles. The van der Waals surface area contributed by atoms with Gasteiger partial charge in [0.25, 0.3) is 0 Å². The van der Waals surface area contributed by atoms with Gasteiger partial charge in [-0.15, -0.1) is 0 Å². The number of aromatic amines is 1. The zero-order valence-electron chi connectivity index (χ0n) is 12.9. The molecule has 0 bridgehead atoms. The molecule has 0 aliphatic heterocycles. The van der Waals surface area contributed by atoms with Crippen LogP contribution in [0.4, 0.5) is 0 Å². The van der Waals surface area contributed by atoms with Gasteiger partial charge in [-0.05, 0) is 25.8 Å². The Balaban J connectivity index is 2.65. The maximum absolute atomic E-state index is 12.3. The Morgan fingerprint density at radius 3 is 2.65 bits per heavy atom. The lowest BCUT2D eigenvalue weighted by atomic mass is 10.1. The van der Waals surface area contributed by atoms with Crippen molar-refractivity contribution < 1.29 is 14.4 Å². The van der Waals surface area contributed by atoms with Crippen molar-refractivity contribution in [1.82, 2.24) is 20.6 Å². The number of hydrogen-bond donors (Lipinski definition) is 5. The van der Waals surface area contributed by atoms with Crippen LogP contribution in [0.15, 0.2) is 12.5 Å². The molecule has 1 heterocycles. The first-order valence-corrected chi connectivity index (χ1v) is 7.46. The Hall–Kier alpha value is -2.26. The van der Waals surface area contributed by atoms with Crippen LogP contribution in [0.5, 0.6) is 0 Å². The van der Waals surface area contributed by atoms with Gasteiger partial charge in [0.2, 0.25) is 18.1 Å². The molecule has 127 valence electrons. The van der Waals surface area contributed by atoms with E-state index in [-0.39, 0.29) is 13.0 Å². The van der Waals surface area contributed by atoms with Crippen molar-refractivity contribution in [1.29, 1.82) is 0 Å². The number of amides is 2. The van der Waals surface area contributed by atoms with Crippen molar-refractivity contribution in [2.24, 2.45) is 11.5 Å². The van der Waals surface area contributed by atoms with Crippen LogP contribution in [0.1, 0.15) is 25.0 Å². The summed E-state index contributed by atoms with van der Waals surface area (Å²) < 4.78 is 0. The van der Waals surface area contributed by atoms with E-state index in [1.807, 2.05) is 0 Å². The number of nitrogens with two attached hydrogens (primary N) is 2. The largest absolute Gasteiger partial charge is 0.351 e. The van der Waals surface area contributed by atoms with Gasteiger partial charge in [-0.1, -0.05) is 0 Å². The van der Waals surface area contributed by atoms with Gasteiger partial charge < -0.3 is 27.1 Å². The fourth-order valence-corrected chi connectivity index (χ4v) is 2.00. The topological polar surface area (TPSA) is 156 Å². The van der Waals surface area contributed by atoms with Crippen LogP contribution < -0.4 is 22.1 Å². The van der Waals surface area contributed by atoms with Gasteiger partial charge >= 0.3 is 0 Å². The second-order valence-electron chi connectivity index (χ2n) is 5.05. The number of nitrogens with one attached hydrogen (secondary N) is 3. The van der Waals surface area contributed by atoms with Crippen LogP contribution in [0.25, 0.3) is 0 Å². The Morgan fingerprint density at radius 1 is 1.30 bits per heavy atom. The Kier molecular flexibility index (Phi) is 8.55. The van der Waals surface area contributed by atoms with E-state index in [4.69, 9.17) is 11.5 Å². The molecule has 7 N–H and O–H groups in total. The lowest BCUT2D eigenvalue weighted by Crippen LogP contribution is -2.52. The predicted molar refractivity (Wildman–Crippen MR) is 83.8 cm³/mol. The first-order chi connectivity index (χ1) is 11.1. The van der Waals surface area contributed by atoms with Crippen molar-refractivity contribution in [3.63, 3.8) is 0 Å². The summed E-state index contributed by atoms with van der Waals surface area (Å²) in [7, 11) is 0. The molecule has 0 aliphatic carbocycles. The molecule has 1 aromatic rings. The minimum atomic E-state index is -0.861. The third-order valence-corrected chi connectivity index (χ3v) is 3.21. The van der Waals surface area contributed by atoms with Gasteiger partial charge in [0.1, 0.15) is 6.04 Å². The summed E-state index contributed by atoms with van der Waals surface area (Å²) in [5.74, 6) is -0.939. The molecule has 1 aromatic heterocycles. The Bertz CT molecular complexity index is 491. The SMILES string of the molecule is NCCCC[C@@H]([C]=O)NC(=O)[C@H](Cc1c[nH]cn1)NC(=O)CN. The highest BCUT2D eigenvalue weighted by Gasteiger charge is 2.24. The standard InChI is InChI=1S/C14H23N6O3/c15-4-2-1-3-10(8-21)19-14(23)12(20-13(22)6-16)5-11-7-17-9-18-11/h7,9-10,12H,1-6,15-16H2,(H,17,18)(H,19,23)(H,20,22)/t10-,12-/m0/s1. The van der Waals surface area contributed by atoms with E-state index in [2.05, 4.69) is 20.6 Å². The number of carbonyl (C=O) groups is 2. The first kappa shape index (κ1) is 18.8. The third-order valence-electron chi connectivity index (χ3n) is 3.21. The molecule has 0 saturated heterocycles. The third kappa shape index (κ3) is 7.02. The highest BCUT2D eigenvalue weighted by atomic mass is 16.2. The molecule has 1 radical (unpaired) electrons. The van der Waals surface area contributed by atoms with Gasteiger partial charge in [0, 0.05) is 12.6 Å². The summed E-state index contributed by atoms with van der Waals surface area (Å²) in [5, 5.41) is 5.09. The zero-order chi connectivity index (χ0) is 17.1. The van der Waals surface area contributed by atoms with Gasteiger partial charge in [-0.2, -0.15) is 0 Å². The van der Waals surface area contributed by atoms with Gasteiger partial charge in [0.15, 0.2) is 0 Å². The molecular formula is C14H23N6O3. The van der Waals surface area contributed by atoms with Crippen LogP contribution in [0.3, 0.4) is 0 Å². The van der Waals surface area contributed by atoms with Gasteiger partial charge in [0.05, 0.1) is 24.6 Å². The first-order valence-electron chi connectivity index (χ1n) is 7.46. The summed E-state index contributed by atoms with van der Waals surface area (Å²) in [4.78, 5) is 41.6. The van der Waals surface area contributed by atoms with Crippen LogP contribution in [-0.4, -0.2) is 53.2 Å². The Labute approximate surface area is 134 Å². The van der Waals surface area contributed by atoms with Crippen LogP contribution in [0.2, 0.25) is 0 Å². The highest BCUT2D eigenvalue weighted by Crippen LogP contribution is 2.02. The number of imidazole rings is 1. The number of hydrogen-bond acceptors (Lipinski definition) is 6. The summed E-state index contributed by atoms with van der Waals surface area (Å²) >= 11 is 0. The van der Waals surface area contributed by atoms with Gasteiger partial charge in [-0.3, -0.25) is 14.4 Å². The highest BCUT2D eigenvalue weighted by molar-refractivity contribution is 5.89. The molecule has 9 heteroatoms. The quantitative estimate of drug-likeness (QED) is 0.300. The molecule has 2 amide bonds. The number of H-pyrrole nitrogens is 1. The van der Waals surface area contributed by atoms with E-state index >= 15 is 0 Å². The maximum Gasteiger partial charge on any atom is 0.243 e. The lowest BCUT2D eigenvalue weighted by Gasteiger charge is -2.19. The van der Waals surface area contributed by atoms with Gasteiger partial charge in [-0.25, -0.2) is 4.98 Å². The number of nitrogens with zero attached hydrogens (tertiary/aromatic N) is 1. The number of unbranched alkanes of at least 4 members (excludes halogenated alkanes) is 1. The van der Waals surface area contributed by atoms with Crippen LogP contribution >= 0.6 is 0 Å². The number of aromatic nitrogens is 2. The molecule has 1 rings (SSSR count). The van der Waals surface area contributed by atoms with E-state index in [1.54, 1.807) is 12.5 Å². The van der Waals surface area contributed by atoms with Crippen molar-refractivity contribution >= 4 is 18.1 Å².